The third-order valence-electron chi connectivity index (χ3n) is 6.10. The molecule has 0 unspecified atom stereocenters. The largest absolute Gasteiger partial charge is 0.404 e. The van der Waals surface area contributed by atoms with Crippen LogP contribution in [0, 0.1) is 0 Å². The van der Waals surface area contributed by atoms with Crippen LogP contribution in [-0.4, -0.2) is 41.2 Å². The maximum Gasteiger partial charge on any atom is 0.334 e. The Morgan fingerprint density at radius 1 is 1.00 bits per heavy atom. The fraction of sp³-hybridized carbons (Fsp3) is 0.261. The lowest BCUT2D eigenvalue weighted by molar-refractivity contribution is 0.583. The van der Waals surface area contributed by atoms with E-state index in [1.807, 2.05) is 36.4 Å². The molecule has 166 valence electrons. The summed E-state index contributed by atoms with van der Waals surface area (Å²) >= 11 is 0. The van der Waals surface area contributed by atoms with Gasteiger partial charge in [0, 0.05) is 31.5 Å². The van der Waals surface area contributed by atoms with Gasteiger partial charge in [0.2, 0.25) is 5.71 Å². The summed E-state index contributed by atoms with van der Waals surface area (Å²) in [7, 11) is 1.74. The molecule has 1 aliphatic carbocycles. The molecule has 0 radical (unpaired) electrons. The number of fused-ring (bicyclic) bond motifs is 2. The lowest BCUT2D eigenvalue weighted by Crippen LogP contribution is -2.22. The molecular formula is C23H22N8O2. The SMILES string of the molecule is Cn1c(=O)n(-c2ccc(N[C@H]3CC[C@H](Nc4nc5cccnc5o4)C3)nc2)c2ncccc21. The molecule has 10 nitrogen and oxygen atoms in total. The topological polar surface area (TPSA) is 116 Å². The summed E-state index contributed by atoms with van der Waals surface area (Å²) in [4.78, 5) is 30.3. The monoisotopic (exact) mass is 442 g/mol. The maximum atomic E-state index is 12.7. The van der Waals surface area contributed by atoms with Crippen molar-refractivity contribution in [3.05, 3.63) is 65.5 Å². The number of imidazole rings is 1. The number of rotatable bonds is 5. The second-order valence-corrected chi connectivity index (χ2v) is 8.27. The van der Waals surface area contributed by atoms with Gasteiger partial charge in [-0.15, -0.1) is 0 Å². The second-order valence-electron chi connectivity index (χ2n) is 8.27. The third kappa shape index (κ3) is 3.49. The van der Waals surface area contributed by atoms with Crippen molar-refractivity contribution in [1.82, 2.24) is 29.1 Å². The van der Waals surface area contributed by atoms with Crippen LogP contribution in [0.4, 0.5) is 11.8 Å². The van der Waals surface area contributed by atoms with Crippen LogP contribution in [0.2, 0.25) is 0 Å². The Morgan fingerprint density at radius 2 is 1.82 bits per heavy atom. The van der Waals surface area contributed by atoms with Crippen molar-refractivity contribution in [2.24, 2.45) is 7.05 Å². The van der Waals surface area contributed by atoms with Crippen LogP contribution in [0.5, 0.6) is 0 Å². The number of nitrogens with one attached hydrogen (secondary N) is 2. The number of aryl methyl sites for hydroxylation is 1. The van der Waals surface area contributed by atoms with Crippen LogP contribution in [0.15, 0.2) is 64.2 Å². The van der Waals surface area contributed by atoms with Crippen LogP contribution in [0.3, 0.4) is 0 Å². The van der Waals surface area contributed by atoms with Crippen molar-refractivity contribution in [3.8, 4) is 5.69 Å². The Kier molecular flexibility index (Phi) is 4.56. The lowest BCUT2D eigenvalue weighted by atomic mass is 10.2. The number of aromatic nitrogens is 6. The molecular weight excluding hydrogens is 420 g/mol. The van der Waals surface area contributed by atoms with Crippen molar-refractivity contribution < 1.29 is 4.42 Å². The molecule has 0 aliphatic heterocycles. The predicted octanol–water partition coefficient (Wildman–Crippen LogP) is 3.10. The summed E-state index contributed by atoms with van der Waals surface area (Å²) in [5.74, 6) is 0.775. The quantitative estimate of drug-likeness (QED) is 0.427. The second kappa shape index (κ2) is 7.73. The maximum absolute atomic E-state index is 12.7. The highest BCUT2D eigenvalue weighted by molar-refractivity contribution is 5.73. The van der Waals surface area contributed by atoms with E-state index >= 15 is 0 Å². The Hall–Kier alpha value is -4.21. The smallest absolute Gasteiger partial charge is 0.334 e. The van der Waals surface area contributed by atoms with Gasteiger partial charge in [-0.2, -0.15) is 4.98 Å². The Balaban J connectivity index is 1.14. The highest BCUT2D eigenvalue weighted by atomic mass is 16.4. The average Bonchev–Trinajstić information content (AvgIpc) is 3.52. The Bertz CT molecular complexity index is 1470. The normalized spacial score (nSPS) is 18.2. The Morgan fingerprint density at radius 3 is 2.64 bits per heavy atom. The molecule has 0 bridgehead atoms. The highest BCUT2D eigenvalue weighted by Crippen LogP contribution is 2.26. The van der Waals surface area contributed by atoms with E-state index in [0.29, 0.717) is 23.1 Å². The van der Waals surface area contributed by atoms with Gasteiger partial charge in [-0.05, 0) is 55.7 Å². The van der Waals surface area contributed by atoms with Gasteiger partial charge in [-0.3, -0.25) is 4.57 Å². The van der Waals surface area contributed by atoms with Gasteiger partial charge in [-0.1, -0.05) is 0 Å². The Labute approximate surface area is 188 Å². The van der Waals surface area contributed by atoms with E-state index in [1.54, 1.807) is 34.8 Å². The molecule has 1 saturated carbocycles. The zero-order valence-electron chi connectivity index (χ0n) is 18.0. The molecule has 5 heterocycles. The molecule has 5 aromatic heterocycles. The van der Waals surface area contributed by atoms with E-state index in [4.69, 9.17) is 4.42 Å². The minimum absolute atomic E-state index is 0.148. The van der Waals surface area contributed by atoms with Gasteiger partial charge in [0.25, 0.3) is 6.01 Å². The molecule has 0 saturated heterocycles. The molecule has 10 heteroatoms. The van der Waals surface area contributed by atoms with Crippen LogP contribution in [-0.2, 0) is 7.05 Å². The molecule has 0 aromatic carbocycles. The van der Waals surface area contributed by atoms with Crippen molar-refractivity contribution in [2.45, 2.75) is 31.3 Å². The molecule has 5 aromatic rings. The van der Waals surface area contributed by atoms with Gasteiger partial charge in [0.1, 0.15) is 11.3 Å². The van der Waals surface area contributed by atoms with Crippen LogP contribution >= 0.6 is 0 Å². The number of hydrogen-bond donors (Lipinski definition) is 2. The third-order valence-corrected chi connectivity index (χ3v) is 6.10. The van der Waals surface area contributed by atoms with Gasteiger partial charge in [-0.25, -0.2) is 24.3 Å². The van der Waals surface area contributed by atoms with Gasteiger partial charge >= 0.3 is 5.69 Å². The number of hydrogen-bond acceptors (Lipinski definition) is 8. The first-order valence-electron chi connectivity index (χ1n) is 10.9. The van der Waals surface area contributed by atoms with Crippen LogP contribution < -0.4 is 16.3 Å². The molecule has 0 amide bonds. The number of nitrogens with zero attached hydrogens (tertiary/aromatic N) is 6. The first-order chi connectivity index (χ1) is 16.2. The van der Waals surface area contributed by atoms with E-state index in [1.165, 1.54) is 0 Å². The summed E-state index contributed by atoms with van der Waals surface area (Å²) in [6.45, 7) is 0. The van der Waals surface area contributed by atoms with Crippen molar-refractivity contribution in [3.63, 3.8) is 0 Å². The minimum Gasteiger partial charge on any atom is -0.404 e. The fourth-order valence-corrected chi connectivity index (χ4v) is 4.46. The fourth-order valence-electron chi connectivity index (χ4n) is 4.46. The number of anilines is 2. The predicted molar refractivity (Wildman–Crippen MR) is 125 cm³/mol. The van der Waals surface area contributed by atoms with E-state index in [2.05, 4.69) is 30.6 Å². The van der Waals surface area contributed by atoms with Crippen molar-refractivity contribution >= 4 is 34.2 Å². The molecule has 2 atom stereocenters. The first kappa shape index (κ1) is 19.5. The minimum atomic E-state index is -0.148. The average molecular weight is 442 g/mol. The number of pyridine rings is 3. The van der Waals surface area contributed by atoms with E-state index in [9.17, 15) is 4.79 Å². The molecule has 1 aliphatic rings. The molecule has 6 rings (SSSR count). The van der Waals surface area contributed by atoms with Gasteiger partial charge in [0.15, 0.2) is 5.65 Å². The molecule has 0 spiro atoms. The van der Waals surface area contributed by atoms with E-state index in [0.717, 1.165) is 36.1 Å². The summed E-state index contributed by atoms with van der Waals surface area (Å²) < 4.78 is 8.85. The standard InChI is InChI=1S/C23H22N8O2/c1-30-18-5-3-10-24-20(18)31(23(30)32)16-8-9-19(26-13-16)27-14-6-7-15(12-14)28-22-29-17-4-2-11-25-21(17)33-22/h2-5,8-11,13-15H,6-7,12H2,1H3,(H,26,27)(H,28,29)/t14-,15-/m0/s1. The lowest BCUT2D eigenvalue weighted by Gasteiger charge is -2.14. The van der Waals surface area contributed by atoms with Gasteiger partial charge in [0.05, 0.1) is 17.4 Å². The summed E-state index contributed by atoms with van der Waals surface area (Å²) in [5, 5.41) is 6.87. The van der Waals surface area contributed by atoms with Crippen molar-refractivity contribution in [2.75, 3.05) is 10.6 Å². The molecule has 33 heavy (non-hydrogen) atoms. The van der Waals surface area contributed by atoms with Crippen LogP contribution in [0.25, 0.3) is 28.1 Å². The van der Waals surface area contributed by atoms with Crippen molar-refractivity contribution in [1.29, 1.82) is 0 Å². The zero-order valence-corrected chi connectivity index (χ0v) is 18.0. The summed E-state index contributed by atoms with van der Waals surface area (Å²) in [6.07, 6.45) is 8.00. The highest BCUT2D eigenvalue weighted by Gasteiger charge is 2.26. The summed E-state index contributed by atoms with van der Waals surface area (Å²) in [6, 6.07) is 12.3. The molecule has 1 fully saturated rings. The first-order valence-corrected chi connectivity index (χ1v) is 10.9. The number of oxazole rings is 1. The van der Waals surface area contributed by atoms with E-state index in [-0.39, 0.29) is 17.8 Å². The van der Waals surface area contributed by atoms with Crippen LogP contribution in [0.1, 0.15) is 19.3 Å². The van der Waals surface area contributed by atoms with Gasteiger partial charge < -0.3 is 15.1 Å². The zero-order chi connectivity index (χ0) is 22.4. The van der Waals surface area contributed by atoms with E-state index < -0.39 is 0 Å². The molecule has 2 N–H and O–H groups in total. The summed E-state index contributed by atoms with van der Waals surface area (Å²) in [5.41, 5.74) is 3.22.